The summed E-state index contributed by atoms with van der Waals surface area (Å²) in [5.74, 6) is 0.200. The summed E-state index contributed by atoms with van der Waals surface area (Å²) < 4.78 is 0. The van der Waals surface area contributed by atoms with Gasteiger partial charge in [-0.1, -0.05) is 30.7 Å². The number of carbonyl (C=O) groups is 1. The summed E-state index contributed by atoms with van der Waals surface area (Å²) in [5, 5.41) is 11.0. The van der Waals surface area contributed by atoms with Crippen LogP contribution in [0, 0.1) is 6.92 Å². The molecule has 0 saturated heterocycles. The first-order valence-electron chi connectivity index (χ1n) is 8.56. The van der Waals surface area contributed by atoms with Gasteiger partial charge in [0.2, 0.25) is 0 Å². The fourth-order valence-corrected chi connectivity index (χ4v) is 3.81. The SMILES string of the molecule is CCc1nc(-c2ccc(Cl)cc2)sc1C(=O)CN=Cc1ccc(O)c(C)c1. The van der Waals surface area contributed by atoms with E-state index in [2.05, 4.69) is 9.98 Å². The Kier molecular flexibility index (Phi) is 6.04. The number of aromatic nitrogens is 1. The van der Waals surface area contributed by atoms with Crippen LogP contribution in [-0.2, 0) is 6.42 Å². The molecular formula is C21H19ClN2O2S. The van der Waals surface area contributed by atoms with E-state index in [0.717, 1.165) is 27.4 Å². The van der Waals surface area contributed by atoms with Gasteiger partial charge in [-0.3, -0.25) is 9.79 Å². The molecule has 4 nitrogen and oxygen atoms in total. The molecule has 0 fully saturated rings. The van der Waals surface area contributed by atoms with Gasteiger partial charge in [0.1, 0.15) is 17.3 Å². The number of halogens is 1. The molecule has 1 aromatic heterocycles. The van der Waals surface area contributed by atoms with Crippen molar-refractivity contribution in [2.24, 2.45) is 4.99 Å². The first-order valence-corrected chi connectivity index (χ1v) is 9.75. The summed E-state index contributed by atoms with van der Waals surface area (Å²) in [4.78, 5) is 22.2. The summed E-state index contributed by atoms with van der Waals surface area (Å²) >= 11 is 7.33. The smallest absolute Gasteiger partial charge is 0.196 e. The summed E-state index contributed by atoms with van der Waals surface area (Å²) in [6, 6.07) is 12.6. The van der Waals surface area contributed by atoms with Crippen molar-refractivity contribution in [3.05, 3.63) is 69.2 Å². The number of carbonyl (C=O) groups excluding carboxylic acids is 1. The van der Waals surface area contributed by atoms with E-state index in [1.54, 1.807) is 18.3 Å². The maximum Gasteiger partial charge on any atom is 0.196 e. The highest BCUT2D eigenvalue weighted by atomic mass is 35.5. The highest BCUT2D eigenvalue weighted by Crippen LogP contribution is 2.29. The Morgan fingerprint density at radius 3 is 2.67 bits per heavy atom. The van der Waals surface area contributed by atoms with E-state index in [1.807, 2.05) is 44.2 Å². The lowest BCUT2D eigenvalue weighted by atomic mass is 10.1. The third kappa shape index (κ3) is 4.62. The number of phenols is 1. The Morgan fingerprint density at radius 2 is 2.00 bits per heavy atom. The largest absolute Gasteiger partial charge is 0.508 e. The molecule has 0 spiro atoms. The van der Waals surface area contributed by atoms with Crippen molar-refractivity contribution in [1.29, 1.82) is 0 Å². The minimum Gasteiger partial charge on any atom is -0.508 e. The van der Waals surface area contributed by atoms with Crippen LogP contribution in [0.4, 0.5) is 0 Å². The first-order chi connectivity index (χ1) is 13.0. The van der Waals surface area contributed by atoms with E-state index < -0.39 is 0 Å². The highest BCUT2D eigenvalue weighted by Gasteiger charge is 2.17. The van der Waals surface area contributed by atoms with Crippen LogP contribution in [0.5, 0.6) is 5.75 Å². The normalized spacial score (nSPS) is 11.2. The van der Waals surface area contributed by atoms with Gasteiger partial charge in [-0.05, 0) is 54.8 Å². The fourth-order valence-electron chi connectivity index (χ4n) is 2.59. The minimum atomic E-state index is -0.0451. The summed E-state index contributed by atoms with van der Waals surface area (Å²) in [6.07, 6.45) is 2.34. The molecule has 6 heteroatoms. The van der Waals surface area contributed by atoms with Gasteiger partial charge in [-0.2, -0.15) is 0 Å². The number of phenolic OH excluding ortho intramolecular Hbond substituents is 1. The summed E-state index contributed by atoms with van der Waals surface area (Å²) in [6.45, 7) is 3.87. The van der Waals surface area contributed by atoms with Gasteiger partial charge in [0.05, 0.1) is 10.6 Å². The number of aryl methyl sites for hydroxylation is 2. The van der Waals surface area contributed by atoms with Crippen molar-refractivity contribution >= 4 is 34.9 Å². The fraction of sp³-hybridized carbons (Fsp3) is 0.190. The summed E-state index contributed by atoms with van der Waals surface area (Å²) in [7, 11) is 0. The van der Waals surface area contributed by atoms with Crippen molar-refractivity contribution < 1.29 is 9.90 Å². The number of thiazole rings is 1. The molecule has 0 aliphatic heterocycles. The molecule has 0 bridgehead atoms. The second-order valence-electron chi connectivity index (χ2n) is 6.09. The van der Waals surface area contributed by atoms with E-state index >= 15 is 0 Å². The average molecular weight is 399 g/mol. The van der Waals surface area contributed by atoms with Crippen LogP contribution in [0.1, 0.15) is 33.4 Å². The molecule has 1 N–H and O–H groups in total. The van der Waals surface area contributed by atoms with E-state index in [1.165, 1.54) is 11.3 Å². The van der Waals surface area contributed by atoms with Crippen LogP contribution in [0.3, 0.4) is 0 Å². The van der Waals surface area contributed by atoms with Gasteiger partial charge >= 0.3 is 0 Å². The number of hydrogen-bond acceptors (Lipinski definition) is 5. The predicted octanol–water partition coefficient (Wildman–Crippen LogP) is 5.34. The second-order valence-corrected chi connectivity index (χ2v) is 7.53. The molecule has 1 heterocycles. The van der Waals surface area contributed by atoms with Crippen molar-refractivity contribution in [2.45, 2.75) is 20.3 Å². The minimum absolute atomic E-state index is 0.0451. The number of aliphatic imine (C=N–C) groups is 1. The molecule has 0 unspecified atom stereocenters. The second kappa shape index (κ2) is 8.46. The molecule has 0 saturated carbocycles. The third-order valence-electron chi connectivity index (χ3n) is 4.07. The van der Waals surface area contributed by atoms with Crippen molar-refractivity contribution in [3.63, 3.8) is 0 Å². The third-order valence-corrected chi connectivity index (χ3v) is 5.51. The van der Waals surface area contributed by atoms with E-state index in [-0.39, 0.29) is 18.1 Å². The van der Waals surface area contributed by atoms with Crippen molar-refractivity contribution in [3.8, 4) is 16.3 Å². The molecule has 27 heavy (non-hydrogen) atoms. The van der Waals surface area contributed by atoms with Crippen LogP contribution < -0.4 is 0 Å². The summed E-state index contributed by atoms with van der Waals surface area (Å²) in [5.41, 5.74) is 3.36. The van der Waals surface area contributed by atoms with E-state index in [4.69, 9.17) is 11.6 Å². The molecule has 138 valence electrons. The predicted molar refractivity (Wildman–Crippen MR) is 112 cm³/mol. The number of Topliss-reactive ketones (excluding diaryl/α,β-unsaturated/α-hetero) is 1. The Hall–Kier alpha value is -2.50. The topological polar surface area (TPSA) is 62.5 Å². The molecule has 0 aliphatic rings. The average Bonchev–Trinajstić information content (AvgIpc) is 3.09. The maximum atomic E-state index is 12.6. The van der Waals surface area contributed by atoms with Crippen LogP contribution in [0.25, 0.3) is 10.6 Å². The van der Waals surface area contributed by atoms with Gasteiger partial charge in [0.25, 0.3) is 0 Å². The molecule has 3 rings (SSSR count). The zero-order valence-corrected chi connectivity index (χ0v) is 16.6. The molecule has 0 amide bonds. The van der Waals surface area contributed by atoms with Crippen LogP contribution in [0.15, 0.2) is 47.5 Å². The lowest BCUT2D eigenvalue weighted by molar-refractivity contribution is 0.100. The highest BCUT2D eigenvalue weighted by molar-refractivity contribution is 7.17. The van der Waals surface area contributed by atoms with Crippen LogP contribution in [-0.4, -0.2) is 28.6 Å². The number of ketones is 1. The standard InChI is InChI=1S/C21H19ClN2O2S/c1-3-17-20(27-21(24-17)15-5-7-16(22)8-6-15)19(26)12-23-11-14-4-9-18(25)13(2)10-14/h4-11,25H,3,12H2,1-2H3. The Balaban J connectivity index is 1.76. The Bertz CT molecular complexity index is 994. The molecule has 0 aliphatic carbocycles. The molecule has 0 radical (unpaired) electrons. The lowest BCUT2D eigenvalue weighted by Gasteiger charge is -1.99. The maximum absolute atomic E-state index is 12.6. The van der Waals surface area contributed by atoms with E-state index in [0.29, 0.717) is 16.3 Å². The lowest BCUT2D eigenvalue weighted by Crippen LogP contribution is -2.04. The zero-order chi connectivity index (χ0) is 19.4. The van der Waals surface area contributed by atoms with Gasteiger partial charge in [0, 0.05) is 16.8 Å². The van der Waals surface area contributed by atoms with Gasteiger partial charge in [-0.15, -0.1) is 11.3 Å². The number of rotatable bonds is 6. The van der Waals surface area contributed by atoms with Crippen molar-refractivity contribution in [1.82, 2.24) is 4.98 Å². The van der Waals surface area contributed by atoms with Gasteiger partial charge in [-0.25, -0.2) is 4.98 Å². The van der Waals surface area contributed by atoms with Gasteiger partial charge in [0.15, 0.2) is 5.78 Å². The number of aromatic hydroxyl groups is 1. The van der Waals surface area contributed by atoms with E-state index in [9.17, 15) is 9.90 Å². The van der Waals surface area contributed by atoms with Crippen molar-refractivity contribution in [2.75, 3.05) is 6.54 Å². The first kappa shape index (κ1) is 19.3. The number of nitrogens with zero attached hydrogens (tertiary/aromatic N) is 2. The molecule has 0 atom stereocenters. The molecular weight excluding hydrogens is 380 g/mol. The molecule has 2 aromatic carbocycles. The van der Waals surface area contributed by atoms with Gasteiger partial charge < -0.3 is 5.11 Å². The van der Waals surface area contributed by atoms with Crippen LogP contribution in [0.2, 0.25) is 5.02 Å². The monoisotopic (exact) mass is 398 g/mol. The van der Waals surface area contributed by atoms with Crippen LogP contribution >= 0.6 is 22.9 Å². The Labute approximate surface area is 167 Å². The molecule has 3 aromatic rings. The number of benzene rings is 2. The quantitative estimate of drug-likeness (QED) is 0.450. The number of hydrogen-bond donors (Lipinski definition) is 1. The zero-order valence-electron chi connectivity index (χ0n) is 15.1. The Morgan fingerprint density at radius 1 is 1.26 bits per heavy atom.